The van der Waals surface area contributed by atoms with Crippen molar-refractivity contribution in [3.63, 3.8) is 0 Å². The lowest BCUT2D eigenvalue weighted by Gasteiger charge is -2.40. The number of nitrogens with zero attached hydrogens (tertiary/aromatic N) is 16. The highest BCUT2D eigenvalue weighted by Gasteiger charge is 2.40. The molecule has 10 aliphatic rings. The van der Waals surface area contributed by atoms with E-state index in [4.69, 9.17) is 31.5 Å². The van der Waals surface area contributed by atoms with Crippen LogP contribution in [0.15, 0.2) is 192 Å². The van der Waals surface area contributed by atoms with E-state index in [1.54, 1.807) is 36.9 Å². The molecule has 6 saturated heterocycles. The number of aromatic nitrogens is 6. The second kappa shape index (κ2) is 42.1. The van der Waals surface area contributed by atoms with Crippen LogP contribution >= 0.6 is 43.5 Å². The number of rotatable bonds is 11. The third-order valence-corrected chi connectivity index (χ3v) is 29.3. The van der Waals surface area contributed by atoms with Gasteiger partial charge < -0.3 is 34.7 Å². The summed E-state index contributed by atoms with van der Waals surface area (Å²) in [6.07, 6.45) is 29.2. The Morgan fingerprint density at radius 1 is 0.375 bits per heavy atom. The Morgan fingerprint density at radius 3 is 1.23 bits per heavy atom. The normalized spacial score (nSPS) is 21.1. The van der Waals surface area contributed by atoms with Crippen LogP contribution in [0.5, 0.6) is 0 Å². The van der Waals surface area contributed by atoms with E-state index in [1.807, 2.05) is 64.9 Å². The molecule has 4 unspecified atom stereocenters. The van der Waals surface area contributed by atoms with Crippen LogP contribution in [0.25, 0.3) is 0 Å². The predicted octanol–water partition coefficient (Wildman–Crippen LogP) is 16.0. The molecular formula is C104H122Br2ClN17O4. The molecule has 4 aliphatic carbocycles. The van der Waals surface area contributed by atoms with Gasteiger partial charge in [-0.05, 0) is 302 Å². The number of likely N-dealkylation sites (tertiary alicyclic amines) is 2. The lowest BCUT2D eigenvalue weighted by Crippen LogP contribution is -2.51. The van der Waals surface area contributed by atoms with Crippen molar-refractivity contribution in [3.8, 4) is 0 Å². The van der Waals surface area contributed by atoms with E-state index in [1.165, 1.54) is 113 Å². The number of piperidine rings is 2. The first-order valence-electron chi connectivity index (χ1n) is 46.6. The number of piperazine rings is 4. The maximum atomic E-state index is 13.1. The summed E-state index contributed by atoms with van der Waals surface area (Å²) >= 11 is 13.6. The zero-order chi connectivity index (χ0) is 88.3. The van der Waals surface area contributed by atoms with Crippen molar-refractivity contribution < 1.29 is 19.2 Å². The van der Waals surface area contributed by atoms with E-state index in [9.17, 15) is 19.2 Å². The van der Waals surface area contributed by atoms with Gasteiger partial charge in [-0.2, -0.15) is 0 Å². The zero-order valence-corrected chi connectivity index (χ0v) is 78.9. The second-order valence-corrected chi connectivity index (χ2v) is 39.2. The minimum atomic E-state index is -0.0544. The van der Waals surface area contributed by atoms with Crippen LogP contribution in [-0.2, 0) is 72.2 Å². The molecule has 0 radical (unpaired) electrons. The van der Waals surface area contributed by atoms with Gasteiger partial charge in [-0.3, -0.25) is 63.9 Å². The van der Waals surface area contributed by atoms with Crippen molar-refractivity contribution in [1.82, 2.24) is 78.9 Å². The first-order valence-corrected chi connectivity index (χ1v) is 48.5. The van der Waals surface area contributed by atoms with Crippen LogP contribution in [0, 0.1) is 32.6 Å². The summed E-state index contributed by atoms with van der Waals surface area (Å²) in [5.74, 6) is 1.91. The SMILES string of the molecule is CN1CCC(CC(=O)N2CCN(C3c4ccc(Cl)cc4CCc4cc(Br)cnc43)CC2)CC1.Cc1ccc2c(c1)CCc1cc(Br)cnc1C2N1CCN(C(=O)CC2CCCN(C)C2)CC1.Cc1ccc2c(c1)CCc1cccnc1C2N1CCN(C(=O)Nc2ccncc2)CC1.Cc1ccc2c(c1)CCc1cccnc1[C@H]2N1CCN(C(=O)Cc2cccnc2)CC1. The van der Waals surface area contributed by atoms with Gasteiger partial charge in [0.25, 0.3) is 0 Å². The second-order valence-electron chi connectivity index (χ2n) is 37.0. The van der Waals surface area contributed by atoms with Crippen molar-refractivity contribution in [3.05, 3.63) is 309 Å². The number of nitrogens with one attached hydrogen (secondary N) is 1. The summed E-state index contributed by atoms with van der Waals surface area (Å²) in [5.41, 5.74) is 26.7. The average molecular weight is 1870 g/mol. The number of pyridine rings is 6. The number of aryl methyl sites for hydroxylation is 11. The van der Waals surface area contributed by atoms with Gasteiger partial charge in [0.15, 0.2) is 0 Å². The van der Waals surface area contributed by atoms with Crippen LogP contribution < -0.4 is 5.32 Å². The summed E-state index contributed by atoms with van der Waals surface area (Å²) in [6, 6.07) is 47.8. The van der Waals surface area contributed by atoms with Crippen molar-refractivity contribution >= 4 is 72.9 Å². The van der Waals surface area contributed by atoms with E-state index < -0.39 is 0 Å². The number of fused-ring (bicyclic) bond motifs is 8. The Hall–Kier alpha value is -9.53. The molecule has 6 aromatic heterocycles. The summed E-state index contributed by atoms with van der Waals surface area (Å²) < 4.78 is 2.07. The number of hydrogen-bond acceptors (Lipinski definition) is 16. The third-order valence-electron chi connectivity index (χ3n) is 28.2. The Morgan fingerprint density at radius 2 is 0.781 bits per heavy atom. The van der Waals surface area contributed by atoms with Gasteiger partial charge in [0.2, 0.25) is 17.7 Å². The van der Waals surface area contributed by atoms with Crippen LogP contribution in [0.3, 0.4) is 0 Å². The molecule has 668 valence electrons. The molecular weight excluding hydrogens is 1750 g/mol. The monoisotopic (exact) mass is 1870 g/mol. The number of anilines is 1. The maximum Gasteiger partial charge on any atom is 0.321 e. The quantitative estimate of drug-likeness (QED) is 0.129. The Balaban J connectivity index is 0.000000120. The highest BCUT2D eigenvalue weighted by Crippen LogP contribution is 2.43. The Labute approximate surface area is 777 Å². The smallest absolute Gasteiger partial charge is 0.321 e. The molecule has 6 aliphatic heterocycles. The number of benzene rings is 4. The van der Waals surface area contributed by atoms with E-state index >= 15 is 0 Å². The largest absolute Gasteiger partial charge is 0.340 e. The number of carbonyl (C=O) groups excluding carboxylic acids is 4. The molecule has 4 aromatic carbocycles. The fourth-order valence-electron chi connectivity index (χ4n) is 21.3. The summed E-state index contributed by atoms with van der Waals surface area (Å²) in [5, 5.41) is 3.76. The van der Waals surface area contributed by atoms with E-state index in [0.29, 0.717) is 56.0 Å². The molecule has 6 fully saturated rings. The average Bonchev–Trinajstić information content (AvgIpc) is 1.60. The van der Waals surface area contributed by atoms with Gasteiger partial charge in [-0.25, -0.2) is 4.79 Å². The Bertz CT molecular complexity index is 5250. The number of urea groups is 1. The number of carbonyl (C=O) groups is 4. The Kier molecular flexibility index (Phi) is 29.8. The molecule has 12 heterocycles. The molecule has 0 saturated carbocycles. The molecule has 0 spiro atoms. The molecule has 5 atom stereocenters. The van der Waals surface area contributed by atoms with Crippen molar-refractivity contribution in [2.24, 2.45) is 11.8 Å². The standard InChI is InChI=1S/C27H35BrN4O.C26H32BrClN4O.C26H28N4O.C25H27N5O/c1-19-5-8-24-21(14-19)6-7-22-16-23(28)17-29-26(22)27(24)32-12-10-31(11-13-32)25(33)15-20-4-3-9-30(2)18-20;1-30-8-6-18(7-9-30)14-24(33)31-10-12-32(13-11-31)26-23-5-4-22(28)16-19(23)2-3-20-15-21(27)17-29-25(20)26;1-19-6-9-23-22(16-19)8-7-21-5-3-11-28-25(21)26(23)30-14-12-29(13-15-30)24(31)17-20-4-2-10-27-18-20;1-18-4-7-22-20(17-18)6-5-19-3-2-10-27-23(19)24(22)29-13-15-30(16-14-29)25(31)28-21-8-11-26-12-9-21/h5,8,14,16-17,20,27H,3-4,6-7,9-13,15,18H2,1-2H3;4-5,15-18,26H,2-3,6-14H2,1H3;2-6,9-11,16,18,26H,7-8,12-15,17H2,1H3;2-4,7-12,17,24H,5-6,13-16H2,1H3,(H,26,28,31)/t;;26-;/m..0./s1. The van der Waals surface area contributed by atoms with Crippen LogP contribution in [0.4, 0.5) is 10.5 Å². The molecule has 1 N–H and O–H groups in total. The first-order chi connectivity index (χ1) is 62.3. The zero-order valence-electron chi connectivity index (χ0n) is 75.0. The lowest BCUT2D eigenvalue weighted by atomic mass is 9.93. The minimum Gasteiger partial charge on any atom is -0.340 e. The molecule has 0 bridgehead atoms. The molecule has 5 amide bonds. The van der Waals surface area contributed by atoms with Crippen molar-refractivity contribution in [2.45, 2.75) is 141 Å². The topological polar surface area (TPSA) is 190 Å². The van der Waals surface area contributed by atoms with Crippen LogP contribution in [0.1, 0.15) is 174 Å². The first kappa shape index (κ1) is 90.4. The fourth-order valence-corrected chi connectivity index (χ4v) is 22.3. The van der Waals surface area contributed by atoms with Gasteiger partial charge >= 0.3 is 6.03 Å². The van der Waals surface area contributed by atoms with Gasteiger partial charge in [-0.15, -0.1) is 0 Å². The van der Waals surface area contributed by atoms with Crippen LogP contribution in [-0.4, -0.2) is 248 Å². The molecule has 20 rings (SSSR count). The summed E-state index contributed by atoms with van der Waals surface area (Å²) in [7, 11) is 4.34. The third kappa shape index (κ3) is 21.9. The summed E-state index contributed by atoms with van der Waals surface area (Å²) in [6.45, 7) is 23.9. The van der Waals surface area contributed by atoms with Crippen molar-refractivity contribution in [1.29, 1.82) is 0 Å². The molecule has 24 heteroatoms. The molecule has 10 aromatic rings. The minimum absolute atomic E-state index is 0.0544. The van der Waals surface area contributed by atoms with E-state index in [-0.39, 0.29) is 36.1 Å². The highest BCUT2D eigenvalue weighted by molar-refractivity contribution is 9.10. The lowest BCUT2D eigenvalue weighted by molar-refractivity contribution is -0.135. The van der Waals surface area contributed by atoms with E-state index in [2.05, 4.69) is 212 Å². The fraction of sp³-hybridized carbons (Fsp3) is 0.442. The van der Waals surface area contributed by atoms with Gasteiger partial charge in [-0.1, -0.05) is 107 Å². The maximum absolute atomic E-state index is 13.1. The number of hydrogen-bond donors (Lipinski definition) is 1. The van der Waals surface area contributed by atoms with E-state index in [0.717, 1.165) is 213 Å². The summed E-state index contributed by atoms with van der Waals surface area (Å²) in [4.78, 5) is 102. The van der Waals surface area contributed by atoms with Gasteiger partial charge in [0.05, 0.1) is 53.4 Å². The highest BCUT2D eigenvalue weighted by atomic mass is 79.9. The number of amides is 5. The van der Waals surface area contributed by atoms with Crippen LogP contribution in [0.2, 0.25) is 5.02 Å². The van der Waals surface area contributed by atoms with Crippen molar-refractivity contribution in [2.75, 3.05) is 150 Å². The molecule has 21 nitrogen and oxygen atoms in total. The van der Waals surface area contributed by atoms with Gasteiger partial charge in [0, 0.05) is 193 Å². The number of halogens is 3. The predicted molar refractivity (Wildman–Crippen MR) is 513 cm³/mol. The molecule has 128 heavy (non-hydrogen) atoms. The van der Waals surface area contributed by atoms with Gasteiger partial charge in [0.1, 0.15) is 0 Å².